The van der Waals surface area contributed by atoms with Crippen LogP contribution < -0.4 is 15.6 Å². The second kappa shape index (κ2) is 9.38. The molecule has 2 aromatic carbocycles. The Bertz CT molecular complexity index is 773. The van der Waals surface area contributed by atoms with Gasteiger partial charge in [0.05, 0.1) is 12.2 Å². The summed E-state index contributed by atoms with van der Waals surface area (Å²) in [6, 6.07) is 12.3. The second-order valence-electron chi connectivity index (χ2n) is 6.45. The lowest BCUT2D eigenvalue weighted by Crippen LogP contribution is -2.41. The predicted molar refractivity (Wildman–Crippen MR) is 105 cm³/mol. The fraction of sp³-hybridized carbons (Fsp3) is 0.300. The summed E-state index contributed by atoms with van der Waals surface area (Å²) in [6.45, 7) is 6.69. The van der Waals surface area contributed by atoms with E-state index in [1.54, 1.807) is 24.3 Å². The number of carbonyl (C=O) groups is 2. The molecule has 0 saturated carbocycles. The molecule has 2 N–H and O–H groups in total. The molecule has 26 heavy (non-hydrogen) atoms. The highest BCUT2D eigenvalue weighted by atomic mass is 79.9. The van der Waals surface area contributed by atoms with E-state index >= 15 is 0 Å². The van der Waals surface area contributed by atoms with Crippen molar-refractivity contribution in [3.63, 3.8) is 0 Å². The van der Waals surface area contributed by atoms with Gasteiger partial charge < -0.3 is 4.74 Å². The molecular weight excluding hydrogens is 396 g/mol. The Hall–Kier alpha value is -2.34. The summed E-state index contributed by atoms with van der Waals surface area (Å²) in [5, 5.41) is 0. The predicted octanol–water partition coefficient (Wildman–Crippen LogP) is 4.26. The highest BCUT2D eigenvalue weighted by molar-refractivity contribution is 9.10. The Morgan fingerprint density at radius 2 is 1.69 bits per heavy atom. The monoisotopic (exact) mass is 418 g/mol. The smallest absolute Gasteiger partial charge is 0.273 e. The minimum absolute atomic E-state index is 0.354. The standard InChI is InChI=1S/C20H23BrN2O3/c1-13(2)10-11-26-18-9-8-16(21)12-17(18)20(25)23-22-19(24)15-6-4-14(3)5-7-15/h4-9,12-13H,10-11H2,1-3H3,(H,22,24)(H,23,25). The van der Waals surface area contributed by atoms with Crippen molar-refractivity contribution in [3.05, 3.63) is 63.6 Å². The molecule has 2 amide bonds. The molecule has 0 aliphatic heterocycles. The van der Waals surface area contributed by atoms with Gasteiger partial charge in [0.1, 0.15) is 5.75 Å². The van der Waals surface area contributed by atoms with Crippen molar-refractivity contribution in [2.24, 2.45) is 5.92 Å². The molecule has 5 nitrogen and oxygen atoms in total. The van der Waals surface area contributed by atoms with Crippen LogP contribution in [-0.4, -0.2) is 18.4 Å². The van der Waals surface area contributed by atoms with E-state index in [2.05, 4.69) is 40.6 Å². The van der Waals surface area contributed by atoms with E-state index in [-0.39, 0.29) is 5.91 Å². The third kappa shape index (κ3) is 5.88. The Kier molecular flexibility index (Phi) is 7.21. The van der Waals surface area contributed by atoms with Crippen molar-refractivity contribution < 1.29 is 14.3 Å². The number of amides is 2. The molecule has 0 bridgehead atoms. The topological polar surface area (TPSA) is 67.4 Å². The molecule has 0 unspecified atom stereocenters. The third-order valence-electron chi connectivity index (χ3n) is 3.74. The van der Waals surface area contributed by atoms with Crippen LogP contribution in [0.3, 0.4) is 0 Å². The van der Waals surface area contributed by atoms with Crippen LogP contribution in [0.15, 0.2) is 46.9 Å². The van der Waals surface area contributed by atoms with E-state index in [0.717, 1.165) is 16.5 Å². The van der Waals surface area contributed by atoms with Gasteiger partial charge in [-0.3, -0.25) is 20.4 Å². The van der Waals surface area contributed by atoms with E-state index in [1.807, 2.05) is 25.1 Å². The number of carbonyl (C=O) groups excluding carboxylic acids is 2. The van der Waals surface area contributed by atoms with Crippen LogP contribution in [-0.2, 0) is 0 Å². The molecule has 138 valence electrons. The van der Waals surface area contributed by atoms with Crippen LogP contribution in [0.25, 0.3) is 0 Å². The summed E-state index contributed by atoms with van der Waals surface area (Å²) >= 11 is 3.36. The van der Waals surface area contributed by atoms with Gasteiger partial charge in [-0.25, -0.2) is 0 Å². The minimum Gasteiger partial charge on any atom is -0.493 e. The van der Waals surface area contributed by atoms with Gasteiger partial charge in [-0.2, -0.15) is 0 Å². The van der Waals surface area contributed by atoms with Crippen LogP contribution in [0.4, 0.5) is 0 Å². The van der Waals surface area contributed by atoms with Crippen molar-refractivity contribution in [2.45, 2.75) is 27.2 Å². The molecule has 0 aromatic heterocycles. The first kappa shape index (κ1) is 20.0. The number of hydrogen-bond acceptors (Lipinski definition) is 3. The lowest BCUT2D eigenvalue weighted by Gasteiger charge is -2.13. The van der Waals surface area contributed by atoms with Gasteiger partial charge in [-0.05, 0) is 49.6 Å². The van der Waals surface area contributed by atoms with Crippen molar-refractivity contribution in [3.8, 4) is 5.75 Å². The highest BCUT2D eigenvalue weighted by Gasteiger charge is 2.15. The van der Waals surface area contributed by atoms with Crippen molar-refractivity contribution in [2.75, 3.05) is 6.61 Å². The lowest BCUT2D eigenvalue weighted by molar-refractivity contribution is 0.0844. The molecule has 0 spiro atoms. The highest BCUT2D eigenvalue weighted by Crippen LogP contribution is 2.23. The van der Waals surface area contributed by atoms with Gasteiger partial charge in [0.2, 0.25) is 0 Å². The van der Waals surface area contributed by atoms with Crippen LogP contribution in [0, 0.1) is 12.8 Å². The van der Waals surface area contributed by atoms with Crippen LogP contribution >= 0.6 is 15.9 Å². The summed E-state index contributed by atoms with van der Waals surface area (Å²) in [5.41, 5.74) is 6.75. The van der Waals surface area contributed by atoms with Crippen molar-refractivity contribution >= 4 is 27.7 Å². The maximum Gasteiger partial charge on any atom is 0.273 e. The molecule has 0 heterocycles. The number of aryl methyl sites for hydroxylation is 1. The summed E-state index contributed by atoms with van der Waals surface area (Å²) in [4.78, 5) is 24.6. The zero-order chi connectivity index (χ0) is 19.1. The zero-order valence-electron chi connectivity index (χ0n) is 15.1. The number of nitrogens with one attached hydrogen (secondary N) is 2. The normalized spacial score (nSPS) is 10.5. The lowest BCUT2D eigenvalue weighted by atomic mass is 10.1. The molecule has 0 radical (unpaired) electrons. The van der Waals surface area contributed by atoms with Crippen molar-refractivity contribution in [1.29, 1.82) is 0 Å². The Labute approximate surface area is 162 Å². The number of benzene rings is 2. The van der Waals surface area contributed by atoms with Crippen molar-refractivity contribution in [1.82, 2.24) is 10.9 Å². The molecule has 0 aliphatic carbocycles. The fourth-order valence-corrected chi connectivity index (χ4v) is 2.53. The number of halogens is 1. The van der Waals surface area contributed by atoms with E-state index in [0.29, 0.717) is 29.4 Å². The summed E-state index contributed by atoms with van der Waals surface area (Å²) in [5.74, 6) is 0.175. The van der Waals surface area contributed by atoms with Gasteiger partial charge in [0, 0.05) is 10.0 Å². The molecule has 6 heteroatoms. The number of rotatable bonds is 6. The van der Waals surface area contributed by atoms with Gasteiger partial charge in [-0.15, -0.1) is 0 Å². The SMILES string of the molecule is Cc1ccc(C(=O)NNC(=O)c2cc(Br)ccc2OCCC(C)C)cc1. The van der Waals surface area contributed by atoms with Crippen LogP contribution in [0.1, 0.15) is 46.5 Å². The first-order valence-electron chi connectivity index (χ1n) is 8.46. The average Bonchev–Trinajstić information content (AvgIpc) is 2.61. The van der Waals surface area contributed by atoms with Gasteiger partial charge in [-0.1, -0.05) is 47.5 Å². The fourth-order valence-electron chi connectivity index (χ4n) is 2.17. The Balaban J connectivity index is 2.02. The van der Waals surface area contributed by atoms with E-state index < -0.39 is 5.91 Å². The summed E-state index contributed by atoms with van der Waals surface area (Å²) in [6.07, 6.45) is 0.890. The third-order valence-corrected chi connectivity index (χ3v) is 4.24. The molecule has 0 fully saturated rings. The Morgan fingerprint density at radius 1 is 1.04 bits per heavy atom. The van der Waals surface area contributed by atoms with Gasteiger partial charge in [0.25, 0.3) is 11.8 Å². The van der Waals surface area contributed by atoms with E-state index in [9.17, 15) is 9.59 Å². The van der Waals surface area contributed by atoms with Crippen LogP contribution in [0.2, 0.25) is 0 Å². The van der Waals surface area contributed by atoms with Gasteiger partial charge in [0.15, 0.2) is 0 Å². The molecule has 2 rings (SSSR count). The van der Waals surface area contributed by atoms with E-state index in [4.69, 9.17) is 4.74 Å². The summed E-state index contributed by atoms with van der Waals surface area (Å²) < 4.78 is 6.49. The number of ether oxygens (including phenoxy) is 1. The van der Waals surface area contributed by atoms with Gasteiger partial charge >= 0.3 is 0 Å². The largest absolute Gasteiger partial charge is 0.493 e. The molecule has 0 saturated heterocycles. The van der Waals surface area contributed by atoms with E-state index in [1.165, 1.54) is 0 Å². The molecule has 0 aliphatic rings. The maximum atomic E-state index is 12.5. The second-order valence-corrected chi connectivity index (χ2v) is 7.36. The molecule has 0 atom stereocenters. The molecular formula is C20H23BrN2O3. The zero-order valence-corrected chi connectivity index (χ0v) is 16.7. The first-order chi connectivity index (χ1) is 12.4. The quantitative estimate of drug-likeness (QED) is 0.688. The maximum absolute atomic E-state index is 12.5. The number of hydrogen-bond donors (Lipinski definition) is 2. The minimum atomic E-state index is -0.439. The number of hydrazine groups is 1. The average molecular weight is 419 g/mol. The Morgan fingerprint density at radius 3 is 2.35 bits per heavy atom. The summed E-state index contributed by atoms with van der Waals surface area (Å²) in [7, 11) is 0. The van der Waals surface area contributed by atoms with Crippen LogP contribution in [0.5, 0.6) is 5.75 Å². The first-order valence-corrected chi connectivity index (χ1v) is 9.26. The molecule has 2 aromatic rings.